The fraction of sp³-hybridized carbons (Fsp3) is 0.300. The summed E-state index contributed by atoms with van der Waals surface area (Å²) in [6, 6.07) is 3.74. The largest absolute Gasteiger partial charge is 0.507 e. The number of Topliss-reactive ketones (excluding diaryl/α,β-unsaturated/α-hetero) is 1. The minimum Gasteiger partial charge on any atom is -0.507 e. The molecule has 0 radical (unpaired) electrons. The predicted molar refractivity (Wildman–Crippen MR) is 55.8 cm³/mol. The Bertz CT molecular complexity index is 378. The van der Waals surface area contributed by atoms with Crippen LogP contribution in [0, 0.1) is 0 Å². The van der Waals surface area contributed by atoms with E-state index < -0.39 is 28.3 Å². The van der Waals surface area contributed by atoms with Gasteiger partial charge in [-0.25, -0.2) is 8.78 Å². The topological polar surface area (TPSA) is 37.3 Å². The number of rotatable bonds is 3. The number of phenols is 1. The highest BCUT2D eigenvalue weighted by molar-refractivity contribution is 9.10. The van der Waals surface area contributed by atoms with Gasteiger partial charge < -0.3 is 5.11 Å². The third-order valence-electron chi connectivity index (χ3n) is 1.93. The molecule has 1 aromatic carbocycles. The smallest absolute Gasteiger partial charge is 0.267 e. The third-order valence-corrected chi connectivity index (χ3v) is 2.34. The summed E-state index contributed by atoms with van der Waals surface area (Å²) in [7, 11) is 0. The number of carbonyl (C=O) groups excluding carboxylic acids is 1. The minimum absolute atomic E-state index is 0.0859. The van der Waals surface area contributed by atoms with Crippen molar-refractivity contribution >= 4 is 21.7 Å². The van der Waals surface area contributed by atoms with Crippen molar-refractivity contribution in [1.29, 1.82) is 0 Å². The highest BCUT2D eigenvalue weighted by Gasteiger charge is 2.21. The van der Waals surface area contributed by atoms with Gasteiger partial charge in [-0.05, 0) is 19.1 Å². The highest BCUT2D eigenvalue weighted by Crippen LogP contribution is 2.32. The lowest BCUT2D eigenvalue weighted by molar-refractivity contribution is 0.0992. The first-order valence-corrected chi connectivity index (χ1v) is 5.15. The van der Waals surface area contributed by atoms with Gasteiger partial charge in [0.2, 0.25) is 0 Å². The lowest BCUT2D eigenvalue weighted by Gasteiger charge is -2.09. The van der Waals surface area contributed by atoms with Gasteiger partial charge in [-0.3, -0.25) is 4.79 Å². The molecule has 0 amide bonds. The van der Waals surface area contributed by atoms with E-state index in [2.05, 4.69) is 15.9 Å². The number of ketones is 1. The van der Waals surface area contributed by atoms with Crippen LogP contribution in [0.5, 0.6) is 5.75 Å². The molecule has 0 aliphatic carbocycles. The quantitative estimate of drug-likeness (QED) is 0.681. The Hall–Kier alpha value is -0.970. The van der Waals surface area contributed by atoms with Crippen LogP contribution in [0.2, 0.25) is 0 Å². The van der Waals surface area contributed by atoms with Crippen molar-refractivity contribution in [3.05, 3.63) is 29.3 Å². The van der Waals surface area contributed by atoms with Crippen LogP contribution in [0.3, 0.4) is 0 Å². The van der Waals surface area contributed by atoms with Crippen LogP contribution in [0.25, 0.3) is 0 Å². The zero-order chi connectivity index (χ0) is 11.6. The number of alkyl halides is 3. The Morgan fingerprint density at radius 1 is 1.47 bits per heavy atom. The third kappa shape index (κ3) is 2.53. The van der Waals surface area contributed by atoms with Gasteiger partial charge in [-0.1, -0.05) is 22.0 Å². The molecular formula is C10H9BrF2O2. The molecule has 0 spiro atoms. The first kappa shape index (κ1) is 12.1. The molecule has 1 aromatic rings. The average Bonchev–Trinajstić information content (AvgIpc) is 2.16. The van der Waals surface area contributed by atoms with Gasteiger partial charge in [0.15, 0.2) is 5.78 Å². The minimum atomic E-state index is -2.79. The van der Waals surface area contributed by atoms with Crippen LogP contribution in [0.4, 0.5) is 8.78 Å². The number of halogens is 3. The first-order valence-electron chi connectivity index (χ1n) is 4.23. The molecular weight excluding hydrogens is 270 g/mol. The zero-order valence-corrected chi connectivity index (χ0v) is 9.46. The molecule has 1 rings (SSSR count). The van der Waals surface area contributed by atoms with Crippen molar-refractivity contribution in [2.45, 2.75) is 18.2 Å². The van der Waals surface area contributed by atoms with Gasteiger partial charge in [0.1, 0.15) is 5.75 Å². The van der Waals surface area contributed by atoms with Gasteiger partial charge in [0, 0.05) is 0 Å². The monoisotopic (exact) mass is 278 g/mol. The standard InChI is InChI=1S/C10H9BrF2O2/c1-5(11)8(14)6-3-2-4-7(9(6)15)10(12)13/h2-5,10,15H,1H3. The number of hydrogen-bond acceptors (Lipinski definition) is 2. The lowest BCUT2D eigenvalue weighted by Crippen LogP contribution is -2.10. The number of carbonyl (C=O) groups is 1. The van der Waals surface area contributed by atoms with Crippen LogP contribution in [0.15, 0.2) is 18.2 Å². The predicted octanol–water partition coefficient (Wildman–Crippen LogP) is 3.30. The second kappa shape index (κ2) is 4.70. The summed E-state index contributed by atoms with van der Waals surface area (Å²) in [5.41, 5.74) is -0.605. The zero-order valence-electron chi connectivity index (χ0n) is 7.88. The van der Waals surface area contributed by atoms with Gasteiger partial charge in [-0.2, -0.15) is 0 Å². The average molecular weight is 279 g/mol. The SMILES string of the molecule is CC(Br)C(=O)c1cccc(C(F)F)c1O. The molecule has 0 heterocycles. The molecule has 1 unspecified atom stereocenters. The molecule has 0 aliphatic heterocycles. The summed E-state index contributed by atoms with van der Waals surface area (Å²) >= 11 is 3.02. The maximum absolute atomic E-state index is 12.4. The van der Waals surface area contributed by atoms with E-state index in [0.29, 0.717) is 0 Å². The molecule has 0 aliphatic rings. The fourth-order valence-corrected chi connectivity index (χ4v) is 1.40. The van der Waals surface area contributed by atoms with Gasteiger partial charge in [-0.15, -0.1) is 0 Å². The van der Waals surface area contributed by atoms with Crippen molar-refractivity contribution in [2.24, 2.45) is 0 Å². The van der Waals surface area contributed by atoms with E-state index in [4.69, 9.17) is 0 Å². The second-order valence-corrected chi connectivity index (χ2v) is 4.40. The Morgan fingerprint density at radius 3 is 2.53 bits per heavy atom. The molecule has 0 aromatic heterocycles. The number of aromatic hydroxyl groups is 1. The molecule has 2 nitrogen and oxygen atoms in total. The summed E-state index contributed by atoms with van der Waals surface area (Å²) in [4.78, 5) is 11.0. The van der Waals surface area contributed by atoms with E-state index in [9.17, 15) is 18.7 Å². The summed E-state index contributed by atoms with van der Waals surface area (Å²) in [6.07, 6.45) is -2.79. The van der Waals surface area contributed by atoms with Crippen LogP contribution < -0.4 is 0 Å². The summed E-state index contributed by atoms with van der Waals surface area (Å²) in [6.45, 7) is 1.57. The Balaban J connectivity index is 3.21. The van der Waals surface area contributed by atoms with Crippen LogP contribution >= 0.6 is 15.9 Å². The Labute approximate surface area is 94.0 Å². The summed E-state index contributed by atoms with van der Waals surface area (Å²) in [5.74, 6) is -1.06. The fourth-order valence-electron chi connectivity index (χ4n) is 1.15. The van der Waals surface area contributed by atoms with Crippen molar-refractivity contribution < 1.29 is 18.7 Å². The van der Waals surface area contributed by atoms with E-state index in [1.807, 2.05) is 0 Å². The van der Waals surface area contributed by atoms with Crippen molar-refractivity contribution in [3.8, 4) is 5.75 Å². The number of hydrogen-bond donors (Lipinski definition) is 1. The molecule has 0 fully saturated rings. The molecule has 15 heavy (non-hydrogen) atoms. The number of para-hydroxylation sites is 1. The maximum Gasteiger partial charge on any atom is 0.267 e. The van der Waals surface area contributed by atoms with Gasteiger partial charge in [0.25, 0.3) is 6.43 Å². The molecule has 0 saturated carbocycles. The summed E-state index contributed by atoms with van der Waals surface area (Å²) < 4.78 is 24.8. The number of benzene rings is 1. The molecule has 0 bridgehead atoms. The summed E-state index contributed by atoms with van der Waals surface area (Å²) in [5, 5.41) is 9.46. The molecule has 0 saturated heterocycles. The van der Waals surface area contributed by atoms with E-state index in [1.165, 1.54) is 12.1 Å². The Kier molecular flexibility index (Phi) is 3.79. The van der Waals surface area contributed by atoms with Crippen molar-refractivity contribution in [3.63, 3.8) is 0 Å². The maximum atomic E-state index is 12.4. The van der Waals surface area contributed by atoms with Crippen LogP contribution in [-0.2, 0) is 0 Å². The van der Waals surface area contributed by atoms with Crippen molar-refractivity contribution in [2.75, 3.05) is 0 Å². The van der Waals surface area contributed by atoms with Crippen LogP contribution in [-0.4, -0.2) is 15.7 Å². The first-order chi connectivity index (χ1) is 6.95. The molecule has 82 valence electrons. The Morgan fingerprint density at radius 2 is 2.07 bits per heavy atom. The second-order valence-electron chi connectivity index (χ2n) is 3.02. The molecule has 1 N–H and O–H groups in total. The normalized spacial score (nSPS) is 12.9. The van der Waals surface area contributed by atoms with Gasteiger partial charge >= 0.3 is 0 Å². The van der Waals surface area contributed by atoms with Gasteiger partial charge in [0.05, 0.1) is 16.0 Å². The molecule has 5 heteroatoms. The van der Waals surface area contributed by atoms with E-state index in [-0.39, 0.29) is 5.56 Å². The van der Waals surface area contributed by atoms with Crippen molar-refractivity contribution in [1.82, 2.24) is 0 Å². The van der Waals surface area contributed by atoms with E-state index in [1.54, 1.807) is 6.92 Å². The lowest BCUT2D eigenvalue weighted by atomic mass is 10.0. The highest BCUT2D eigenvalue weighted by atomic mass is 79.9. The van der Waals surface area contributed by atoms with E-state index >= 15 is 0 Å². The molecule has 1 atom stereocenters. The van der Waals surface area contributed by atoms with E-state index in [0.717, 1.165) is 6.07 Å². The van der Waals surface area contributed by atoms with Crippen LogP contribution in [0.1, 0.15) is 29.3 Å². The number of phenolic OH excluding ortho intramolecular Hbond substituents is 1.